The molecule has 84 valence electrons. The smallest absolute Gasteiger partial charge is 0.339 e. The minimum atomic E-state index is -0.528. The van der Waals surface area contributed by atoms with Gasteiger partial charge in [0.2, 0.25) is 0 Å². The molecule has 0 saturated heterocycles. The van der Waals surface area contributed by atoms with Crippen LogP contribution in [0.15, 0.2) is 24.4 Å². The maximum atomic E-state index is 13.1. The van der Waals surface area contributed by atoms with Crippen LogP contribution in [0.1, 0.15) is 17.3 Å². The van der Waals surface area contributed by atoms with Crippen molar-refractivity contribution in [3.63, 3.8) is 0 Å². The number of ether oxygens (including phenoxy) is 1. The summed E-state index contributed by atoms with van der Waals surface area (Å²) in [5.74, 6) is -0.970. The lowest BCUT2D eigenvalue weighted by Crippen LogP contribution is -2.02. The third-order valence-corrected chi connectivity index (χ3v) is 2.53. The molecule has 0 unspecified atom stereocenters. The largest absolute Gasteiger partial charge is 0.462 e. The summed E-state index contributed by atoms with van der Waals surface area (Å²) in [4.78, 5) is 11.4. The molecule has 0 radical (unpaired) electrons. The van der Waals surface area contributed by atoms with Gasteiger partial charge in [0.1, 0.15) is 5.15 Å². The van der Waals surface area contributed by atoms with Crippen LogP contribution in [0.5, 0.6) is 0 Å². The number of esters is 1. The normalized spacial score (nSPS) is 10.7. The van der Waals surface area contributed by atoms with Crippen molar-refractivity contribution in [2.45, 2.75) is 6.92 Å². The number of hydrogen-bond donors (Lipinski definition) is 0. The first-order valence-electron chi connectivity index (χ1n) is 4.76. The molecule has 0 N–H and O–H groups in total. The molecular weight excluding hydrogens is 233 g/mol. The van der Waals surface area contributed by atoms with Crippen LogP contribution >= 0.6 is 11.6 Å². The molecule has 0 aliphatic carbocycles. The van der Waals surface area contributed by atoms with Crippen molar-refractivity contribution in [2.24, 2.45) is 0 Å². The first kappa shape index (κ1) is 11.0. The second-order valence-electron chi connectivity index (χ2n) is 3.22. The van der Waals surface area contributed by atoms with Crippen LogP contribution in [-0.4, -0.2) is 17.0 Å². The van der Waals surface area contributed by atoms with E-state index in [0.29, 0.717) is 17.7 Å². The van der Waals surface area contributed by atoms with E-state index in [4.69, 9.17) is 16.3 Å². The molecule has 0 aliphatic heterocycles. The Bertz CT molecular complexity index is 550. The summed E-state index contributed by atoms with van der Waals surface area (Å²) in [5, 5.41) is -0.0481. The van der Waals surface area contributed by atoms with Crippen LogP contribution in [0.3, 0.4) is 0 Å². The fraction of sp³-hybridized carbons (Fsp3) is 0.182. The molecule has 2 rings (SSSR count). The van der Waals surface area contributed by atoms with Gasteiger partial charge in [-0.25, -0.2) is 9.18 Å². The highest BCUT2D eigenvalue weighted by atomic mass is 35.5. The van der Waals surface area contributed by atoms with Gasteiger partial charge >= 0.3 is 5.97 Å². The van der Waals surface area contributed by atoms with Crippen molar-refractivity contribution in [1.82, 2.24) is 4.40 Å². The molecule has 0 aliphatic rings. The van der Waals surface area contributed by atoms with Crippen molar-refractivity contribution >= 4 is 23.1 Å². The van der Waals surface area contributed by atoms with Gasteiger partial charge in [0, 0.05) is 11.7 Å². The summed E-state index contributed by atoms with van der Waals surface area (Å²) in [6, 6.07) is 4.40. The Morgan fingerprint density at radius 2 is 2.31 bits per heavy atom. The molecule has 0 amide bonds. The lowest BCUT2D eigenvalue weighted by Gasteiger charge is -1.98. The van der Waals surface area contributed by atoms with Crippen LogP contribution in [-0.2, 0) is 4.74 Å². The highest BCUT2D eigenvalue weighted by molar-refractivity contribution is 6.30. The zero-order valence-corrected chi connectivity index (χ0v) is 9.29. The molecule has 16 heavy (non-hydrogen) atoms. The number of carbonyl (C=O) groups is 1. The zero-order chi connectivity index (χ0) is 11.7. The van der Waals surface area contributed by atoms with Gasteiger partial charge in [-0.3, -0.25) is 0 Å². The fourth-order valence-corrected chi connectivity index (χ4v) is 1.66. The molecule has 2 heterocycles. The quantitative estimate of drug-likeness (QED) is 0.598. The molecule has 0 bridgehead atoms. The topological polar surface area (TPSA) is 30.7 Å². The number of carbonyl (C=O) groups excluding carboxylic acids is 1. The molecule has 0 aromatic carbocycles. The summed E-state index contributed by atoms with van der Waals surface area (Å²) in [5.41, 5.74) is 1.00. The molecule has 5 heteroatoms. The Morgan fingerprint density at radius 3 is 3.00 bits per heavy atom. The van der Waals surface area contributed by atoms with E-state index in [1.807, 2.05) is 0 Å². The van der Waals surface area contributed by atoms with E-state index < -0.39 is 11.8 Å². The Labute approximate surface area is 96.4 Å². The third-order valence-electron chi connectivity index (χ3n) is 2.17. The van der Waals surface area contributed by atoms with Gasteiger partial charge in [0.15, 0.2) is 5.82 Å². The van der Waals surface area contributed by atoms with E-state index in [1.165, 1.54) is 16.7 Å². The fourth-order valence-electron chi connectivity index (χ4n) is 1.45. The van der Waals surface area contributed by atoms with Gasteiger partial charge in [-0.15, -0.1) is 0 Å². The van der Waals surface area contributed by atoms with Crippen molar-refractivity contribution in [2.75, 3.05) is 6.61 Å². The second kappa shape index (κ2) is 4.14. The number of halogens is 2. The van der Waals surface area contributed by atoms with Gasteiger partial charge in [-0.05, 0) is 25.1 Å². The monoisotopic (exact) mass is 241 g/mol. The molecule has 2 aromatic heterocycles. The summed E-state index contributed by atoms with van der Waals surface area (Å²) in [6.07, 6.45) is 1.46. The maximum Gasteiger partial charge on any atom is 0.339 e. The minimum absolute atomic E-state index is 0.0481. The number of fused-ring (bicyclic) bond motifs is 1. The Kier molecular flexibility index (Phi) is 2.83. The summed E-state index contributed by atoms with van der Waals surface area (Å²) < 4.78 is 19.4. The van der Waals surface area contributed by atoms with Crippen LogP contribution in [0.2, 0.25) is 5.15 Å². The van der Waals surface area contributed by atoms with Crippen molar-refractivity contribution in [3.8, 4) is 0 Å². The lowest BCUT2D eigenvalue weighted by molar-refractivity contribution is 0.0526. The highest BCUT2D eigenvalue weighted by Crippen LogP contribution is 2.20. The number of hydrogen-bond acceptors (Lipinski definition) is 2. The standard InChI is InChI=1S/C11H9ClFNO2/c1-2-16-11(15)7-5-8-3-4-9(13)10(12)14(8)6-7/h3-6H,2H2,1H3. The number of rotatable bonds is 2. The SMILES string of the molecule is CCOC(=O)c1cc2ccc(F)c(Cl)n2c1. The lowest BCUT2D eigenvalue weighted by atomic mass is 10.3. The Balaban J connectivity index is 2.52. The zero-order valence-electron chi connectivity index (χ0n) is 8.54. The van der Waals surface area contributed by atoms with Gasteiger partial charge in [0.25, 0.3) is 0 Å². The highest BCUT2D eigenvalue weighted by Gasteiger charge is 2.12. The minimum Gasteiger partial charge on any atom is -0.462 e. The Hall–Kier alpha value is -1.55. The first-order valence-corrected chi connectivity index (χ1v) is 5.14. The van der Waals surface area contributed by atoms with Gasteiger partial charge in [-0.1, -0.05) is 11.6 Å². The Morgan fingerprint density at radius 1 is 1.56 bits per heavy atom. The van der Waals surface area contributed by atoms with Gasteiger partial charge < -0.3 is 9.14 Å². The summed E-state index contributed by atoms with van der Waals surface area (Å²) in [7, 11) is 0. The first-order chi connectivity index (χ1) is 7.63. The molecule has 3 nitrogen and oxygen atoms in total. The molecular formula is C11H9ClFNO2. The average Bonchev–Trinajstić information content (AvgIpc) is 2.69. The average molecular weight is 242 g/mol. The molecule has 0 atom stereocenters. The predicted octanol–water partition coefficient (Wildman–Crippen LogP) is 2.91. The van der Waals surface area contributed by atoms with E-state index in [1.54, 1.807) is 19.1 Å². The van der Waals surface area contributed by atoms with Crippen molar-refractivity contribution < 1.29 is 13.9 Å². The van der Waals surface area contributed by atoms with Crippen LogP contribution in [0, 0.1) is 5.82 Å². The van der Waals surface area contributed by atoms with E-state index >= 15 is 0 Å². The predicted molar refractivity (Wildman–Crippen MR) is 58.3 cm³/mol. The van der Waals surface area contributed by atoms with E-state index in [0.717, 1.165) is 0 Å². The van der Waals surface area contributed by atoms with Crippen molar-refractivity contribution in [3.05, 3.63) is 40.9 Å². The molecule has 2 aromatic rings. The number of nitrogens with zero attached hydrogens (tertiary/aromatic N) is 1. The van der Waals surface area contributed by atoms with Crippen LogP contribution in [0.25, 0.3) is 5.52 Å². The van der Waals surface area contributed by atoms with Crippen LogP contribution < -0.4 is 0 Å². The van der Waals surface area contributed by atoms with E-state index in [2.05, 4.69) is 0 Å². The number of pyridine rings is 1. The van der Waals surface area contributed by atoms with Crippen LogP contribution in [0.4, 0.5) is 4.39 Å². The van der Waals surface area contributed by atoms with Crippen molar-refractivity contribution in [1.29, 1.82) is 0 Å². The molecule has 0 saturated carbocycles. The molecule has 0 spiro atoms. The molecule has 0 fully saturated rings. The third kappa shape index (κ3) is 1.76. The number of aromatic nitrogens is 1. The second-order valence-corrected chi connectivity index (χ2v) is 3.57. The maximum absolute atomic E-state index is 13.1. The van der Waals surface area contributed by atoms with E-state index in [9.17, 15) is 9.18 Å². The van der Waals surface area contributed by atoms with Gasteiger partial charge in [0.05, 0.1) is 12.2 Å². The summed E-state index contributed by atoms with van der Waals surface area (Å²) in [6.45, 7) is 2.02. The van der Waals surface area contributed by atoms with Gasteiger partial charge in [-0.2, -0.15) is 0 Å². The van der Waals surface area contributed by atoms with E-state index in [-0.39, 0.29) is 5.15 Å². The summed E-state index contributed by atoms with van der Waals surface area (Å²) >= 11 is 5.76.